The number of rotatable bonds is 6. The van der Waals surface area contributed by atoms with Crippen LogP contribution in [0.1, 0.15) is 24.8 Å². The number of nitrogens with one attached hydrogen (secondary N) is 1. The Morgan fingerprint density at radius 1 is 1.17 bits per heavy atom. The van der Waals surface area contributed by atoms with E-state index in [4.69, 9.17) is 9.47 Å². The van der Waals surface area contributed by atoms with Crippen molar-refractivity contribution in [1.82, 2.24) is 19.5 Å². The third-order valence-electron chi connectivity index (χ3n) is 5.12. The van der Waals surface area contributed by atoms with Crippen LogP contribution in [0.5, 0.6) is 5.75 Å². The van der Waals surface area contributed by atoms with Gasteiger partial charge >= 0.3 is 0 Å². The van der Waals surface area contributed by atoms with E-state index in [9.17, 15) is 15.3 Å². The SMILES string of the molecule is COc1ccc(C(C)Nc2ncnc3c2ncn3[C@@H]2O[C@H](CO)C(O)[C@@H]2O)cc1. The molecule has 1 aliphatic heterocycles. The van der Waals surface area contributed by atoms with Crippen molar-refractivity contribution in [2.45, 2.75) is 37.5 Å². The van der Waals surface area contributed by atoms with Crippen molar-refractivity contribution < 1.29 is 24.8 Å². The van der Waals surface area contributed by atoms with Crippen molar-refractivity contribution in [1.29, 1.82) is 0 Å². The van der Waals surface area contributed by atoms with E-state index in [0.29, 0.717) is 17.0 Å². The lowest BCUT2D eigenvalue weighted by molar-refractivity contribution is -0.0511. The van der Waals surface area contributed by atoms with Crippen molar-refractivity contribution in [2.24, 2.45) is 0 Å². The molecule has 0 radical (unpaired) electrons. The molecule has 10 heteroatoms. The maximum Gasteiger partial charge on any atom is 0.167 e. The minimum absolute atomic E-state index is 0.0573. The van der Waals surface area contributed by atoms with Gasteiger partial charge in [-0.15, -0.1) is 0 Å². The first kappa shape index (κ1) is 19.5. The smallest absolute Gasteiger partial charge is 0.167 e. The van der Waals surface area contributed by atoms with Crippen molar-refractivity contribution >= 4 is 17.0 Å². The second kappa shape index (κ2) is 7.91. The number of aliphatic hydroxyl groups is 3. The highest BCUT2D eigenvalue weighted by atomic mass is 16.6. The van der Waals surface area contributed by atoms with Gasteiger partial charge in [-0.3, -0.25) is 4.57 Å². The molecule has 0 aliphatic carbocycles. The molecular weight excluding hydrogens is 378 g/mol. The van der Waals surface area contributed by atoms with Crippen LogP contribution in [0, 0.1) is 0 Å². The zero-order valence-corrected chi connectivity index (χ0v) is 16.0. The Morgan fingerprint density at radius 2 is 1.93 bits per heavy atom. The number of anilines is 1. The molecule has 3 aromatic rings. The van der Waals surface area contributed by atoms with Gasteiger partial charge in [-0.05, 0) is 24.6 Å². The molecule has 2 aromatic heterocycles. The zero-order valence-electron chi connectivity index (χ0n) is 16.0. The summed E-state index contributed by atoms with van der Waals surface area (Å²) in [5, 5.41) is 32.9. The van der Waals surface area contributed by atoms with Gasteiger partial charge < -0.3 is 30.1 Å². The average molecular weight is 401 g/mol. The Hall–Kier alpha value is -2.79. The molecule has 154 valence electrons. The van der Waals surface area contributed by atoms with Gasteiger partial charge in [0.15, 0.2) is 23.2 Å². The van der Waals surface area contributed by atoms with Gasteiger partial charge in [0.2, 0.25) is 0 Å². The lowest BCUT2D eigenvalue weighted by Gasteiger charge is -2.17. The molecule has 1 aliphatic rings. The van der Waals surface area contributed by atoms with Gasteiger partial charge in [-0.2, -0.15) is 0 Å². The molecule has 4 N–H and O–H groups in total. The quantitative estimate of drug-likeness (QED) is 0.469. The first-order valence-electron chi connectivity index (χ1n) is 9.24. The second-order valence-electron chi connectivity index (χ2n) is 6.91. The number of aromatic nitrogens is 4. The van der Waals surface area contributed by atoms with E-state index in [1.165, 1.54) is 17.2 Å². The summed E-state index contributed by atoms with van der Waals surface area (Å²) in [4.78, 5) is 12.9. The Balaban J connectivity index is 1.60. The predicted molar refractivity (Wildman–Crippen MR) is 103 cm³/mol. The fourth-order valence-electron chi connectivity index (χ4n) is 3.43. The standard InChI is InChI=1S/C19H23N5O5/c1-10(11-3-5-12(28-2)6-4-11)23-17-14-18(21-8-20-17)24(9-22-14)19-16(27)15(26)13(7-25)29-19/h3-6,8-10,13,15-16,19,25-27H,7H2,1-2H3,(H,20,21,23)/t10?,13-,15?,16+,19-/m1/s1. The van der Waals surface area contributed by atoms with E-state index < -0.39 is 31.1 Å². The Morgan fingerprint density at radius 3 is 2.59 bits per heavy atom. The third-order valence-corrected chi connectivity index (χ3v) is 5.12. The summed E-state index contributed by atoms with van der Waals surface area (Å²) in [7, 11) is 1.62. The molecule has 5 atom stereocenters. The first-order chi connectivity index (χ1) is 14.0. The zero-order chi connectivity index (χ0) is 20.5. The number of benzene rings is 1. The normalized spacial score (nSPS) is 25.3. The van der Waals surface area contributed by atoms with Gasteiger partial charge in [-0.1, -0.05) is 12.1 Å². The number of hydrogen-bond donors (Lipinski definition) is 4. The number of nitrogens with zero attached hydrogens (tertiary/aromatic N) is 4. The molecule has 1 saturated heterocycles. The molecular formula is C19H23N5O5. The lowest BCUT2D eigenvalue weighted by atomic mass is 10.1. The number of imidazole rings is 1. The fraction of sp³-hybridized carbons (Fsp3) is 0.421. The number of aliphatic hydroxyl groups excluding tert-OH is 3. The van der Waals surface area contributed by atoms with Gasteiger partial charge in [0.25, 0.3) is 0 Å². The second-order valence-corrected chi connectivity index (χ2v) is 6.91. The summed E-state index contributed by atoms with van der Waals surface area (Å²) in [6.45, 7) is 1.60. The number of ether oxygens (including phenoxy) is 2. The highest BCUT2D eigenvalue weighted by Crippen LogP contribution is 2.32. The molecule has 3 heterocycles. The molecule has 1 aromatic carbocycles. The van der Waals surface area contributed by atoms with Gasteiger partial charge in [0.05, 0.1) is 26.1 Å². The maximum atomic E-state index is 10.3. The van der Waals surface area contributed by atoms with Crippen molar-refractivity contribution in [3.63, 3.8) is 0 Å². The molecule has 0 saturated carbocycles. The lowest BCUT2D eigenvalue weighted by Crippen LogP contribution is -2.33. The largest absolute Gasteiger partial charge is 0.497 e. The van der Waals surface area contributed by atoms with Crippen LogP contribution in [-0.4, -0.2) is 66.9 Å². The number of hydrogen-bond acceptors (Lipinski definition) is 9. The van der Waals surface area contributed by atoms with Crippen LogP contribution in [0.15, 0.2) is 36.9 Å². The molecule has 0 spiro atoms. The molecule has 0 amide bonds. The summed E-state index contributed by atoms with van der Waals surface area (Å²) in [6, 6.07) is 7.65. The Bertz CT molecular complexity index is 979. The molecule has 29 heavy (non-hydrogen) atoms. The number of methoxy groups -OCH3 is 1. The van der Waals surface area contributed by atoms with Crippen LogP contribution in [0.2, 0.25) is 0 Å². The molecule has 2 unspecified atom stereocenters. The number of fused-ring (bicyclic) bond motifs is 1. The first-order valence-corrected chi connectivity index (χ1v) is 9.24. The van der Waals surface area contributed by atoms with E-state index in [1.54, 1.807) is 7.11 Å². The fourth-order valence-corrected chi connectivity index (χ4v) is 3.43. The summed E-state index contributed by atoms with van der Waals surface area (Å²) < 4.78 is 12.3. The van der Waals surface area contributed by atoms with E-state index >= 15 is 0 Å². The van der Waals surface area contributed by atoms with Crippen LogP contribution in [0.25, 0.3) is 11.2 Å². The maximum absolute atomic E-state index is 10.3. The summed E-state index contributed by atoms with van der Waals surface area (Å²) in [6.07, 6.45) is -1.32. The predicted octanol–water partition coefficient (Wildman–Crippen LogP) is 0.619. The third kappa shape index (κ3) is 3.51. The molecule has 0 bridgehead atoms. The molecule has 10 nitrogen and oxygen atoms in total. The van der Waals surface area contributed by atoms with Crippen LogP contribution in [0.4, 0.5) is 5.82 Å². The van der Waals surface area contributed by atoms with Crippen molar-refractivity contribution in [3.8, 4) is 5.75 Å². The summed E-state index contributed by atoms with van der Waals surface area (Å²) in [5.41, 5.74) is 1.99. The molecule has 1 fully saturated rings. The molecule has 4 rings (SSSR count). The Labute approximate surface area is 166 Å². The van der Waals surface area contributed by atoms with Crippen LogP contribution in [-0.2, 0) is 4.74 Å². The van der Waals surface area contributed by atoms with Crippen LogP contribution in [0.3, 0.4) is 0 Å². The van der Waals surface area contributed by atoms with Gasteiger partial charge in [0.1, 0.15) is 30.4 Å². The monoisotopic (exact) mass is 401 g/mol. The van der Waals surface area contributed by atoms with E-state index in [1.807, 2.05) is 31.2 Å². The topological polar surface area (TPSA) is 135 Å². The summed E-state index contributed by atoms with van der Waals surface area (Å²) >= 11 is 0. The average Bonchev–Trinajstić information content (AvgIpc) is 3.30. The van der Waals surface area contributed by atoms with E-state index in [0.717, 1.165) is 11.3 Å². The van der Waals surface area contributed by atoms with Gasteiger partial charge in [-0.25, -0.2) is 15.0 Å². The van der Waals surface area contributed by atoms with E-state index in [-0.39, 0.29) is 6.04 Å². The van der Waals surface area contributed by atoms with Crippen LogP contribution < -0.4 is 10.1 Å². The Kier molecular flexibility index (Phi) is 5.33. The minimum Gasteiger partial charge on any atom is -0.497 e. The van der Waals surface area contributed by atoms with E-state index in [2.05, 4.69) is 20.3 Å². The summed E-state index contributed by atoms with van der Waals surface area (Å²) in [5.74, 6) is 1.31. The van der Waals surface area contributed by atoms with Crippen molar-refractivity contribution in [3.05, 3.63) is 42.5 Å². The van der Waals surface area contributed by atoms with Crippen LogP contribution >= 0.6 is 0 Å². The highest BCUT2D eigenvalue weighted by molar-refractivity contribution is 5.82. The van der Waals surface area contributed by atoms with Crippen molar-refractivity contribution in [2.75, 3.05) is 19.0 Å². The minimum atomic E-state index is -1.21. The highest BCUT2D eigenvalue weighted by Gasteiger charge is 2.44. The van der Waals surface area contributed by atoms with Gasteiger partial charge in [0, 0.05) is 0 Å².